The molecule has 4 aliphatic rings. The summed E-state index contributed by atoms with van der Waals surface area (Å²) < 4.78 is 62.5. The molecule has 1 saturated carbocycles. The molecule has 5 rings (SSSR count). The summed E-state index contributed by atoms with van der Waals surface area (Å²) in [6.45, 7) is 2.46. The Morgan fingerprint density at radius 2 is 1.70 bits per heavy atom. The molecule has 0 spiro atoms. The first-order valence-electron chi connectivity index (χ1n) is 11.4. The van der Waals surface area contributed by atoms with Crippen molar-refractivity contribution in [2.45, 2.75) is 36.2 Å². The van der Waals surface area contributed by atoms with Gasteiger partial charge in [-0.05, 0) is 31.4 Å². The van der Waals surface area contributed by atoms with Crippen LogP contribution in [0.5, 0.6) is 11.5 Å². The van der Waals surface area contributed by atoms with E-state index in [2.05, 4.69) is 0 Å². The van der Waals surface area contributed by atoms with E-state index in [0.717, 1.165) is 12.8 Å². The Hall–Kier alpha value is -1.89. The zero-order valence-corrected chi connectivity index (χ0v) is 20.0. The fraction of sp³-hybridized carbons (Fsp3) is 0.667. The van der Waals surface area contributed by atoms with Crippen molar-refractivity contribution in [1.29, 1.82) is 0 Å². The zero-order valence-electron chi connectivity index (χ0n) is 18.4. The van der Waals surface area contributed by atoms with E-state index in [1.165, 1.54) is 16.4 Å². The second-order valence-corrected chi connectivity index (χ2v) is 13.2. The normalized spacial score (nSPS) is 25.6. The molecule has 1 aliphatic carbocycles. The fourth-order valence-electron chi connectivity index (χ4n) is 4.79. The predicted molar refractivity (Wildman–Crippen MR) is 120 cm³/mol. The van der Waals surface area contributed by atoms with Crippen LogP contribution < -0.4 is 9.47 Å². The maximum atomic E-state index is 13.1. The molecule has 2 saturated heterocycles. The van der Waals surface area contributed by atoms with Crippen LogP contribution in [0.1, 0.15) is 19.3 Å². The van der Waals surface area contributed by atoms with Gasteiger partial charge in [-0.3, -0.25) is 9.69 Å². The van der Waals surface area contributed by atoms with E-state index in [1.807, 2.05) is 4.90 Å². The fourth-order valence-corrected chi connectivity index (χ4v) is 7.94. The first-order chi connectivity index (χ1) is 15.7. The van der Waals surface area contributed by atoms with Gasteiger partial charge in [0.25, 0.3) is 0 Å². The molecular formula is C21H29N3O7S2. The number of carbonyl (C=O) groups is 1. The number of sulfone groups is 1. The van der Waals surface area contributed by atoms with Crippen molar-refractivity contribution in [2.24, 2.45) is 0 Å². The Morgan fingerprint density at radius 1 is 1.00 bits per heavy atom. The Kier molecular flexibility index (Phi) is 6.04. The molecule has 1 aromatic rings. The van der Waals surface area contributed by atoms with Gasteiger partial charge in [0.1, 0.15) is 13.2 Å². The van der Waals surface area contributed by atoms with E-state index in [9.17, 15) is 21.6 Å². The lowest BCUT2D eigenvalue weighted by Crippen LogP contribution is -2.53. The largest absolute Gasteiger partial charge is 0.486 e. The van der Waals surface area contributed by atoms with Crippen LogP contribution in [0.4, 0.5) is 0 Å². The van der Waals surface area contributed by atoms with Crippen molar-refractivity contribution >= 4 is 25.8 Å². The van der Waals surface area contributed by atoms with Crippen molar-refractivity contribution < 1.29 is 31.1 Å². The monoisotopic (exact) mass is 499 g/mol. The minimum Gasteiger partial charge on any atom is -0.486 e. The third-order valence-electron chi connectivity index (χ3n) is 6.67. The molecule has 0 radical (unpaired) electrons. The van der Waals surface area contributed by atoms with Gasteiger partial charge in [-0.15, -0.1) is 0 Å². The molecule has 0 unspecified atom stereocenters. The van der Waals surface area contributed by atoms with Gasteiger partial charge in [-0.2, -0.15) is 4.31 Å². The second-order valence-electron chi connectivity index (χ2n) is 9.07. The number of rotatable bonds is 6. The number of nitrogens with zero attached hydrogens (tertiary/aromatic N) is 3. The summed E-state index contributed by atoms with van der Waals surface area (Å²) in [5, 5.41) is 0. The van der Waals surface area contributed by atoms with Gasteiger partial charge < -0.3 is 14.4 Å². The summed E-state index contributed by atoms with van der Waals surface area (Å²) in [6.07, 6.45) is 2.35. The maximum absolute atomic E-state index is 13.1. The van der Waals surface area contributed by atoms with Gasteiger partial charge in [0.2, 0.25) is 15.9 Å². The van der Waals surface area contributed by atoms with Crippen LogP contribution in [-0.4, -0.2) is 106 Å². The highest BCUT2D eigenvalue weighted by atomic mass is 32.2. The van der Waals surface area contributed by atoms with Crippen LogP contribution in [0.25, 0.3) is 0 Å². The highest BCUT2D eigenvalue weighted by Crippen LogP contribution is 2.34. The second kappa shape index (κ2) is 8.71. The molecule has 1 atom stereocenters. The van der Waals surface area contributed by atoms with Gasteiger partial charge in [0, 0.05) is 44.3 Å². The number of piperazine rings is 1. The number of hydrogen-bond donors (Lipinski definition) is 0. The molecule has 12 heteroatoms. The van der Waals surface area contributed by atoms with E-state index in [1.54, 1.807) is 11.0 Å². The van der Waals surface area contributed by atoms with Crippen LogP contribution in [-0.2, 0) is 24.7 Å². The number of amides is 1. The lowest BCUT2D eigenvalue weighted by Gasteiger charge is -2.36. The molecule has 3 aliphatic heterocycles. The van der Waals surface area contributed by atoms with Crippen molar-refractivity contribution in [2.75, 3.05) is 57.4 Å². The van der Waals surface area contributed by atoms with Crippen LogP contribution in [0, 0.1) is 0 Å². The number of fused-ring (bicyclic) bond motifs is 1. The van der Waals surface area contributed by atoms with E-state index < -0.39 is 19.9 Å². The summed E-state index contributed by atoms with van der Waals surface area (Å²) in [6, 6.07) is 4.57. The van der Waals surface area contributed by atoms with Gasteiger partial charge in [-0.1, -0.05) is 0 Å². The lowest BCUT2D eigenvalue weighted by molar-refractivity contribution is -0.135. The van der Waals surface area contributed by atoms with Gasteiger partial charge in [-0.25, -0.2) is 16.8 Å². The first-order valence-corrected chi connectivity index (χ1v) is 14.6. The summed E-state index contributed by atoms with van der Waals surface area (Å²) in [5.41, 5.74) is 0. The van der Waals surface area contributed by atoms with E-state index in [0.29, 0.717) is 44.2 Å². The van der Waals surface area contributed by atoms with Gasteiger partial charge >= 0.3 is 0 Å². The maximum Gasteiger partial charge on any atom is 0.243 e. The highest BCUT2D eigenvalue weighted by molar-refractivity contribution is 7.91. The van der Waals surface area contributed by atoms with Crippen LogP contribution in [0.2, 0.25) is 0 Å². The number of carbonyl (C=O) groups excluding carboxylic acids is 1. The van der Waals surface area contributed by atoms with Crippen molar-refractivity contribution in [1.82, 2.24) is 14.1 Å². The minimum absolute atomic E-state index is 0.0524. The topological polar surface area (TPSA) is 114 Å². The molecule has 10 nitrogen and oxygen atoms in total. The standard InChI is InChI=1S/C21H29N3O7S2/c25-21(24(16-1-2-16)17-5-12-32(26,27)15-17)14-22-6-8-23(9-7-22)33(28,29)18-3-4-19-20(13-18)31-11-10-30-19/h3-4,13,16-17H,1-2,5-12,14-15H2/t17-/m0/s1. The van der Waals surface area contributed by atoms with Crippen molar-refractivity contribution in [3.05, 3.63) is 18.2 Å². The van der Waals surface area contributed by atoms with Crippen molar-refractivity contribution in [3.8, 4) is 11.5 Å². The average Bonchev–Trinajstić information content (AvgIpc) is 3.56. The third-order valence-corrected chi connectivity index (χ3v) is 10.3. The molecule has 1 aromatic carbocycles. The molecule has 1 amide bonds. The molecule has 182 valence electrons. The Morgan fingerprint density at radius 3 is 2.33 bits per heavy atom. The summed E-state index contributed by atoms with van der Waals surface area (Å²) in [4.78, 5) is 17.0. The molecule has 0 aromatic heterocycles. The average molecular weight is 500 g/mol. The summed E-state index contributed by atoms with van der Waals surface area (Å²) in [7, 11) is -6.75. The van der Waals surface area contributed by atoms with Crippen LogP contribution >= 0.6 is 0 Å². The Balaban J connectivity index is 1.20. The van der Waals surface area contributed by atoms with E-state index in [-0.39, 0.29) is 54.0 Å². The number of ether oxygens (including phenoxy) is 2. The SMILES string of the molecule is O=C(CN1CCN(S(=O)(=O)c2ccc3c(c2)OCCO3)CC1)N(C1CC1)[C@H]1CCS(=O)(=O)C1. The summed E-state index contributed by atoms with van der Waals surface area (Å²) >= 11 is 0. The van der Waals surface area contributed by atoms with Gasteiger partial charge in [0.15, 0.2) is 21.3 Å². The zero-order chi connectivity index (χ0) is 23.2. The quantitative estimate of drug-likeness (QED) is 0.535. The molecule has 0 bridgehead atoms. The summed E-state index contributed by atoms with van der Waals surface area (Å²) in [5.74, 6) is 1.11. The smallest absolute Gasteiger partial charge is 0.243 e. The highest BCUT2D eigenvalue weighted by Gasteiger charge is 2.42. The number of benzene rings is 1. The lowest BCUT2D eigenvalue weighted by atomic mass is 10.2. The predicted octanol–water partition coefficient (Wildman–Crippen LogP) is -0.0578. The third kappa shape index (κ3) is 4.84. The van der Waals surface area contributed by atoms with Crippen molar-refractivity contribution in [3.63, 3.8) is 0 Å². The Labute approximate surface area is 194 Å². The first kappa shape index (κ1) is 22.9. The Bertz CT molecular complexity index is 1130. The molecule has 0 N–H and O–H groups in total. The number of hydrogen-bond acceptors (Lipinski definition) is 8. The van der Waals surface area contributed by atoms with Crippen LogP contribution in [0.15, 0.2) is 23.1 Å². The molecule has 3 fully saturated rings. The molecule has 3 heterocycles. The minimum atomic E-state index is -3.68. The number of sulfonamides is 1. The van der Waals surface area contributed by atoms with E-state index >= 15 is 0 Å². The van der Waals surface area contributed by atoms with Crippen LogP contribution in [0.3, 0.4) is 0 Å². The van der Waals surface area contributed by atoms with E-state index in [4.69, 9.17) is 9.47 Å². The van der Waals surface area contributed by atoms with Gasteiger partial charge in [0.05, 0.1) is 22.9 Å². The molecule has 33 heavy (non-hydrogen) atoms. The molecular weight excluding hydrogens is 470 g/mol.